The van der Waals surface area contributed by atoms with Crippen molar-refractivity contribution in [3.8, 4) is 17.2 Å². The molecule has 0 aliphatic carbocycles. The largest absolute Gasteiger partial charge is 0.507 e. The molecule has 0 aliphatic rings. The van der Waals surface area contributed by atoms with Crippen molar-refractivity contribution in [2.45, 2.75) is 6.42 Å². The first kappa shape index (κ1) is 13.2. The number of phenolic OH excluding ortho intramolecular Hbond substituents is 1. The average molecular weight is 288 g/mol. The fourth-order valence-corrected chi connectivity index (χ4v) is 1.93. The Hall–Kier alpha value is -2.76. The zero-order valence-corrected chi connectivity index (χ0v) is 10.8. The Morgan fingerprint density at radius 3 is 2.67 bits per heavy atom. The van der Waals surface area contributed by atoms with Crippen molar-refractivity contribution in [1.29, 1.82) is 0 Å². The maximum Gasteiger partial charge on any atom is 0.261 e. The summed E-state index contributed by atoms with van der Waals surface area (Å²) >= 11 is 0. The second kappa shape index (κ2) is 5.32. The zero-order chi connectivity index (χ0) is 14.8. The van der Waals surface area contributed by atoms with Gasteiger partial charge in [0.15, 0.2) is 5.82 Å². The molecular formula is C15H10F2N2O2. The van der Waals surface area contributed by atoms with Crippen LogP contribution in [0.1, 0.15) is 11.4 Å². The van der Waals surface area contributed by atoms with Crippen molar-refractivity contribution in [2.75, 3.05) is 0 Å². The minimum atomic E-state index is -0.567. The van der Waals surface area contributed by atoms with Crippen LogP contribution in [0, 0.1) is 11.6 Å². The van der Waals surface area contributed by atoms with E-state index in [0.29, 0.717) is 5.56 Å². The average Bonchev–Trinajstić information content (AvgIpc) is 2.90. The molecule has 0 amide bonds. The predicted molar refractivity (Wildman–Crippen MR) is 70.6 cm³/mol. The van der Waals surface area contributed by atoms with Gasteiger partial charge in [-0.2, -0.15) is 4.98 Å². The highest BCUT2D eigenvalue weighted by Gasteiger charge is 2.14. The summed E-state index contributed by atoms with van der Waals surface area (Å²) < 4.78 is 31.5. The molecule has 0 aliphatic heterocycles. The second-order valence-corrected chi connectivity index (χ2v) is 4.45. The van der Waals surface area contributed by atoms with Crippen LogP contribution in [0.5, 0.6) is 5.75 Å². The van der Waals surface area contributed by atoms with Gasteiger partial charge in [0.05, 0.1) is 5.56 Å². The van der Waals surface area contributed by atoms with Crippen LogP contribution in [0.4, 0.5) is 8.78 Å². The van der Waals surface area contributed by atoms with Gasteiger partial charge in [-0.15, -0.1) is 0 Å². The van der Waals surface area contributed by atoms with E-state index in [2.05, 4.69) is 10.1 Å². The molecule has 1 N–H and O–H groups in total. The monoisotopic (exact) mass is 288 g/mol. The standard InChI is InChI=1S/C15H10F2N2O2/c16-10-5-6-11(13(20)8-10)15-18-14(19-21-15)7-9-3-1-2-4-12(9)17/h1-6,8,20H,7H2. The normalized spacial score (nSPS) is 10.8. The van der Waals surface area contributed by atoms with Crippen LogP contribution in [0.3, 0.4) is 0 Å². The topological polar surface area (TPSA) is 59.2 Å². The van der Waals surface area contributed by atoms with E-state index in [-0.39, 0.29) is 35.3 Å². The van der Waals surface area contributed by atoms with Gasteiger partial charge < -0.3 is 9.63 Å². The van der Waals surface area contributed by atoms with Gasteiger partial charge in [-0.1, -0.05) is 23.4 Å². The van der Waals surface area contributed by atoms with Gasteiger partial charge in [0.2, 0.25) is 0 Å². The summed E-state index contributed by atoms with van der Waals surface area (Å²) in [5.74, 6) is -0.885. The maximum absolute atomic E-state index is 13.5. The predicted octanol–water partition coefficient (Wildman–Crippen LogP) is 3.31. The number of benzene rings is 2. The van der Waals surface area contributed by atoms with Crippen LogP contribution < -0.4 is 0 Å². The molecule has 0 saturated heterocycles. The van der Waals surface area contributed by atoms with Gasteiger partial charge in [-0.25, -0.2) is 8.78 Å². The van der Waals surface area contributed by atoms with Crippen LogP contribution in [-0.2, 0) is 6.42 Å². The Balaban J connectivity index is 1.88. The molecule has 3 aromatic rings. The van der Waals surface area contributed by atoms with E-state index in [4.69, 9.17) is 4.52 Å². The van der Waals surface area contributed by atoms with E-state index in [1.165, 1.54) is 18.2 Å². The molecule has 0 radical (unpaired) electrons. The summed E-state index contributed by atoms with van der Waals surface area (Å²) in [5.41, 5.74) is 0.664. The minimum absolute atomic E-state index is 0.0545. The third-order valence-corrected chi connectivity index (χ3v) is 2.96. The first-order valence-corrected chi connectivity index (χ1v) is 6.18. The van der Waals surface area contributed by atoms with Gasteiger partial charge in [0.25, 0.3) is 5.89 Å². The van der Waals surface area contributed by atoms with Crippen molar-refractivity contribution in [2.24, 2.45) is 0 Å². The lowest BCUT2D eigenvalue weighted by atomic mass is 10.1. The van der Waals surface area contributed by atoms with E-state index < -0.39 is 5.82 Å². The van der Waals surface area contributed by atoms with Crippen LogP contribution in [-0.4, -0.2) is 15.2 Å². The smallest absolute Gasteiger partial charge is 0.261 e. The summed E-state index contributed by atoms with van der Waals surface area (Å²) in [7, 11) is 0. The number of hydrogen-bond donors (Lipinski definition) is 1. The first-order valence-electron chi connectivity index (χ1n) is 6.18. The van der Waals surface area contributed by atoms with Gasteiger partial charge >= 0.3 is 0 Å². The number of rotatable bonds is 3. The number of hydrogen-bond acceptors (Lipinski definition) is 4. The minimum Gasteiger partial charge on any atom is -0.507 e. The number of nitrogens with zero attached hydrogens (tertiary/aromatic N) is 2. The Morgan fingerprint density at radius 2 is 1.90 bits per heavy atom. The van der Waals surface area contributed by atoms with Gasteiger partial charge in [0.1, 0.15) is 17.4 Å². The van der Waals surface area contributed by atoms with Crippen molar-refractivity contribution in [1.82, 2.24) is 10.1 Å². The van der Waals surface area contributed by atoms with Crippen molar-refractivity contribution in [3.05, 3.63) is 65.5 Å². The summed E-state index contributed by atoms with van der Waals surface area (Å²) in [6.45, 7) is 0. The van der Waals surface area contributed by atoms with Crippen LogP contribution in [0.2, 0.25) is 0 Å². The second-order valence-electron chi connectivity index (χ2n) is 4.45. The Labute approximate surface area is 118 Å². The van der Waals surface area contributed by atoms with Gasteiger partial charge in [-0.05, 0) is 23.8 Å². The van der Waals surface area contributed by atoms with Crippen molar-refractivity contribution >= 4 is 0 Å². The lowest BCUT2D eigenvalue weighted by molar-refractivity contribution is 0.417. The first-order chi connectivity index (χ1) is 10.1. The molecule has 1 aromatic heterocycles. The molecule has 0 atom stereocenters. The fourth-order valence-electron chi connectivity index (χ4n) is 1.93. The molecule has 6 heteroatoms. The molecule has 2 aromatic carbocycles. The number of halogens is 2. The molecule has 0 spiro atoms. The number of phenols is 1. The van der Waals surface area contributed by atoms with E-state index in [9.17, 15) is 13.9 Å². The summed E-state index contributed by atoms with van der Waals surface area (Å²) in [6.07, 6.45) is 0.165. The highest BCUT2D eigenvalue weighted by atomic mass is 19.1. The summed E-state index contributed by atoms with van der Waals surface area (Å²) in [6, 6.07) is 9.75. The van der Waals surface area contributed by atoms with Gasteiger partial charge in [0, 0.05) is 12.5 Å². The molecule has 106 valence electrons. The maximum atomic E-state index is 13.5. The highest BCUT2D eigenvalue weighted by Crippen LogP contribution is 2.28. The molecule has 21 heavy (non-hydrogen) atoms. The molecule has 0 unspecified atom stereocenters. The SMILES string of the molecule is Oc1cc(F)ccc1-c1nc(Cc2ccccc2F)no1. The van der Waals surface area contributed by atoms with E-state index in [1.807, 2.05) is 0 Å². The molecule has 3 rings (SSSR count). The van der Waals surface area contributed by atoms with Gasteiger partial charge in [-0.3, -0.25) is 0 Å². The van der Waals surface area contributed by atoms with Crippen LogP contribution >= 0.6 is 0 Å². The summed E-state index contributed by atoms with van der Waals surface area (Å²) in [4.78, 5) is 4.08. The number of aromatic hydroxyl groups is 1. The summed E-state index contributed by atoms with van der Waals surface area (Å²) in [5, 5.41) is 13.4. The Kier molecular flexibility index (Phi) is 3.35. The molecule has 1 heterocycles. The molecule has 0 saturated carbocycles. The van der Waals surface area contributed by atoms with Crippen LogP contribution in [0.25, 0.3) is 11.5 Å². The lowest BCUT2D eigenvalue weighted by Crippen LogP contribution is -1.94. The Morgan fingerprint density at radius 1 is 1.10 bits per heavy atom. The lowest BCUT2D eigenvalue weighted by Gasteiger charge is -1.99. The molecule has 4 nitrogen and oxygen atoms in total. The number of aromatic nitrogens is 2. The zero-order valence-electron chi connectivity index (χ0n) is 10.8. The molecular weight excluding hydrogens is 278 g/mol. The fraction of sp³-hybridized carbons (Fsp3) is 0.0667. The van der Waals surface area contributed by atoms with E-state index in [1.54, 1.807) is 18.2 Å². The van der Waals surface area contributed by atoms with Crippen molar-refractivity contribution < 1.29 is 18.4 Å². The van der Waals surface area contributed by atoms with Crippen LogP contribution in [0.15, 0.2) is 47.0 Å². The van der Waals surface area contributed by atoms with Crippen molar-refractivity contribution in [3.63, 3.8) is 0 Å². The third-order valence-electron chi connectivity index (χ3n) is 2.96. The third kappa shape index (κ3) is 2.74. The van der Waals surface area contributed by atoms with E-state index in [0.717, 1.165) is 6.07 Å². The molecule has 0 bridgehead atoms. The van der Waals surface area contributed by atoms with E-state index >= 15 is 0 Å². The highest BCUT2D eigenvalue weighted by molar-refractivity contribution is 5.61. The molecule has 0 fully saturated rings. The quantitative estimate of drug-likeness (QED) is 0.803. The Bertz CT molecular complexity index is 787.